The molecule has 2 aliphatic heterocycles. The maximum atomic E-state index is 13.1. The molecule has 4 nitrogen and oxygen atoms in total. The number of halogens is 1. The fraction of sp³-hybridized carbons (Fsp3) is 0.650. The number of ether oxygens (including phenoxy) is 1. The summed E-state index contributed by atoms with van der Waals surface area (Å²) in [6.07, 6.45) is 4.41. The van der Waals surface area contributed by atoms with Crippen LogP contribution in [0.5, 0.6) is 0 Å². The van der Waals surface area contributed by atoms with Gasteiger partial charge in [0, 0.05) is 44.8 Å². The third-order valence-electron chi connectivity index (χ3n) is 6.10. The second-order valence-electron chi connectivity index (χ2n) is 8.01. The van der Waals surface area contributed by atoms with Gasteiger partial charge in [-0.2, -0.15) is 0 Å². The van der Waals surface area contributed by atoms with Crippen LogP contribution in [0.4, 0.5) is 4.39 Å². The first-order valence-corrected chi connectivity index (χ1v) is 9.47. The zero-order valence-electron chi connectivity index (χ0n) is 14.7. The Morgan fingerprint density at radius 3 is 2.64 bits per heavy atom. The summed E-state index contributed by atoms with van der Waals surface area (Å²) < 4.78 is 18.7. The second kappa shape index (κ2) is 7.04. The molecule has 3 fully saturated rings. The molecule has 1 amide bonds. The Morgan fingerprint density at radius 2 is 1.96 bits per heavy atom. The van der Waals surface area contributed by atoms with Crippen LogP contribution in [0.2, 0.25) is 0 Å². The van der Waals surface area contributed by atoms with Crippen molar-refractivity contribution in [1.29, 1.82) is 0 Å². The normalized spacial score (nSPS) is 26.0. The number of carbonyl (C=O) groups is 1. The zero-order chi connectivity index (χ0) is 17.3. The van der Waals surface area contributed by atoms with Gasteiger partial charge in [0.1, 0.15) is 5.82 Å². The first-order valence-electron chi connectivity index (χ1n) is 9.47. The van der Waals surface area contributed by atoms with E-state index < -0.39 is 0 Å². The minimum absolute atomic E-state index is 0.0336. The molecule has 136 valence electrons. The van der Waals surface area contributed by atoms with Crippen molar-refractivity contribution in [1.82, 2.24) is 10.2 Å². The zero-order valence-corrected chi connectivity index (χ0v) is 14.7. The van der Waals surface area contributed by atoms with Crippen LogP contribution >= 0.6 is 0 Å². The van der Waals surface area contributed by atoms with E-state index in [1.54, 1.807) is 0 Å². The van der Waals surface area contributed by atoms with Crippen molar-refractivity contribution in [2.75, 3.05) is 32.8 Å². The van der Waals surface area contributed by atoms with E-state index in [2.05, 4.69) is 10.2 Å². The molecule has 1 atom stereocenters. The Labute approximate surface area is 148 Å². The lowest BCUT2D eigenvalue weighted by Gasteiger charge is -2.37. The van der Waals surface area contributed by atoms with Crippen molar-refractivity contribution >= 4 is 5.91 Å². The predicted octanol–water partition coefficient (Wildman–Crippen LogP) is 2.58. The minimum Gasteiger partial charge on any atom is -0.381 e. The fourth-order valence-electron chi connectivity index (χ4n) is 4.38. The van der Waals surface area contributed by atoms with Crippen LogP contribution < -0.4 is 5.32 Å². The molecule has 4 rings (SSSR count). The van der Waals surface area contributed by atoms with Crippen LogP contribution in [0.1, 0.15) is 31.2 Å². The van der Waals surface area contributed by atoms with Gasteiger partial charge in [-0.05, 0) is 49.3 Å². The predicted molar refractivity (Wildman–Crippen MR) is 93.4 cm³/mol. The van der Waals surface area contributed by atoms with Gasteiger partial charge in [0.15, 0.2) is 0 Å². The lowest BCUT2D eigenvalue weighted by atomic mass is 9.71. The van der Waals surface area contributed by atoms with Gasteiger partial charge < -0.3 is 10.1 Å². The molecular weight excluding hydrogens is 319 g/mol. The molecule has 0 unspecified atom stereocenters. The highest BCUT2D eigenvalue weighted by Gasteiger charge is 2.50. The summed E-state index contributed by atoms with van der Waals surface area (Å²) in [4.78, 5) is 15.2. The smallest absolute Gasteiger partial charge is 0.225 e. The van der Waals surface area contributed by atoms with Crippen LogP contribution in [0.25, 0.3) is 0 Å². The van der Waals surface area contributed by atoms with Gasteiger partial charge in [-0.15, -0.1) is 0 Å². The Bertz CT molecular complexity index is 609. The third kappa shape index (κ3) is 3.87. The number of hydrogen-bond donors (Lipinski definition) is 1. The van der Waals surface area contributed by atoms with Crippen LogP contribution in [-0.4, -0.2) is 43.7 Å². The molecule has 2 saturated heterocycles. The van der Waals surface area contributed by atoms with E-state index in [1.165, 1.54) is 25.0 Å². The van der Waals surface area contributed by atoms with Gasteiger partial charge >= 0.3 is 0 Å². The Balaban J connectivity index is 1.45. The third-order valence-corrected chi connectivity index (χ3v) is 6.10. The number of nitrogens with one attached hydrogen (secondary N) is 1. The number of rotatable bonds is 5. The van der Waals surface area contributed by atoms with Crippen molar-refractivity contribution < 1.29 is 13.9 Å². The molecule has 1 aromatic rings. The van der Waals surface area contributed by atoms with Crippen molar-refractivity contribution in [2.45, 2.75) is 32.2 Å². The Hall–Kier alpha value is -1.46. The average molecular weight is 346 g/mol. The highest BCUT2D eigenvalue weighted by Crippen LogP contribution is 2.45. The minimum atomic E-state index is -0.205. The molecule has 1 spiro atoms. The Kier molecular flexibility index (Phi) is 4.78. The summed E-state index contributed by atoms with van der Waals surface area (Å²) in [6, 6.07) is 6.70. The molecule has 5 heteroatoms. The molecule has 0 bridgehead atoms. The molecular formula is C20H27FN2O2. The largest absolute Gasteiger partial charge is 0.381 e. The summed E-state index contributed by atoms with van der Waals surface area (Å²) in [5.74, 6) is 0.751. The number of amides is 1. The number of likely N-dealkylation sites (tertiary alicyclic amines) is 1. The Morgan fingerprint density at radius 1 is 1.24 bits per heavy atom. The fourth-order valence-corrected chi connectivity index (χ4v) is 4.38. The van der Waals surface area contributed by atoms with E-state index in [4.69, 9.17) is 4.74 Å². The average Bonchev–Trinajstić information content (AvgIpc) is 3.39. The molecule has 2 heterocycles. The van der Waals surface area contributed by atoms with E-state index in [0.29, 0.717) is 5.92 Å². The van der Waals surface area contributed by atoms with Crippen LogP contribution in [0.3, 0.4) is 0 Å². The van der Waals surface area contributed by atoms with Gasteiger partial charge in [0.05, 0.1) is 5.92 Å². The van der Waals surface area contributed by atoms with Gasteiger partial charge in [-0.3, -0.25) is 9.69 Å². The topological polar surface area (TPSA) is 41.6 Å². The molecule has 25 heavy (non-hydrogen) atoms. The molecule has 1 N–H and O–H groups in total. The van der Waals surface area contributed by atoms with Gasteiger partial charge in [0.2, 0.25) is 5.91 Å². The quantitative estimate of drug-likeness (QED) is 0.891. The lowest BCUT2D eigenvalue weighted by molar-refractivity contribution is -0.129. The van der Waals surface area contributed by atoms with Crippen molar-refractivity contribution in [2.24, 2.45) is 17.3 Å². The highest BCUT2D eigenvalue weighted by molar-refractivity contribution is 5.80. The molecule has 3 aliphatic rings. The van der Waals surface area contributed by atoms with Crippen molar-refractivity contribution in [3.05, 3.63) is 35.6 Å². The van der Waals surface area contributed by atoms with Gasteiger partial charge in [-0.25, -0.2) is 4.39 Å². The van der Waals surface area contributed by atoms with Crippen molar-refractivity contribution in [3.63, 3.8) is 0 Å². The molecule has 1 saturated carbocycles. The van der Waals surface area contributed by atoms with E-state index in [0.717, 1.165) is 57.8 Å². The standard InChI is InChI=1S/C20H27FN2O2/c21-17-5-3-16(4-6-17)12-23-13-18(19(24)22-11-15-1-2-15)20(14-23)7-9-25-10-8-20/h3-6,15,18H,1-2,7-14H2,(H,22,24)/t18-/m0/s1. The summed E-state index contributed by atoms with van der Waals surface area (Å²) in [5.41, 5.74) is 1.13. The lowest BCUT2D eigenvalue weighted by Crippen LogP contribution is -2.44. The number of benzene rings is 1. The first-order chi connectivity index (χ1) is 12.1. The highest BCUT2D eigenvalue weighted by atomic mass is 19.1. The second-order valence-corrected chi connectivity index (χ2v) is 8.01. The summed E-state index contributed by atoms with van der Waals surface area (Å²) >= 11 is 0. The summed E-state index contributed by atoms with van der Waals surface area (Å²) in [5, 5.41) is 3.19. The van der Waals surface area contributed by atoms with Crippen LogP contribution in [0, 0.1) is 23.1 Å². The van der Waals surface area contributed by atoms with E-state index in [1.807, 2.05) is 12.1 Å². The van der Waals surface area contributed by atoms with Crippen LogP contribution in [0.15, 0.2) is 24.3 Å². The van der Waals surface area contributed by atoms with Gasteiger partial charge in [0.25, 0.3) is 0 Å². The summed E-state index contributed by atoms with van der Waals surface area (Å²) in [6.45, 7) is 4.81. The maximum Gasteiger partial charge on any atom is 0.225 e. The molecule has 0 aromatic heterocycles. The van der Waals surface area contributed by atoms with E-state index in [-0.39, 0.29) is 23.1 Å². The molecule has 1 aromatic carbocycles. The van der Waals surface area contributed by atoms with Crippen LogP contribution in [-0.2, 0) is 16.1 Å². The van der Waals surface area contributed by atoms with Crippen molar-refractivity contribution in [3.8, 4) is 0 Å². The van der Waals surface area contributed by atoms with E-state index in [9.17, 15) is 9.18 Å². The first kappa shape index (κ1) is 17.0. The molecule has 0 radical (unpaired) electrons. The SMILES string of the molecule is O=C(NCC1CC1)[C@@H]1CN(Cc2ccc(F)cc2)CC12CCOCC2. The maximum absolute atomic E-state index is 13.1. The van der Waals surface area contributed by atoms with Gasteiger partial charge in [-0.1, -0.05) is 12.1 Å². The number of carbonyl (C=O) groups excluding carboxylic acids is 1. The number of hydrogen-bond acceptors (Lipinski definition) is 3. The van der Waals surface area contributed by atoms with E-state index >= 15 is 0 Å². The monoisotopic (exact) mass is 346 g/mol. The number of nitrogens with zero attached hydrogens (tertiary/aromatic N) is 1. The summed E-state index contributed by atoms with van der Waals surface area (Å²) in [7, 11) is 0. The molecule has 1 aliphatic carbocycles.